The molecule has 0 saturated carbocycles. The van der Waals surface area contributed by atoms with Crippen LogP contribution in [0, 0.1) is 11.7 Å². The lowest BCUT2D eigenvalue weighted by atomic mass is 9.92. The SMILES string of the molecule is CCCC1CCN(c2ccc(CC(C)N)cc2F)CC1. The molecule has 2 N–H and O–H groups in total. The Morgan fingerprint density at radius 1 is 1.35 bits per heavy atom. The number of hydrogen-bond donors (Lipinski definition) is 1. The normalized spacial score (nSPS) is 18.3. The predicted molar refractivity (Wildman–Crippen MR) is 83.6 cm³/mol. The minimum absolute atomic E-state index is 0.0741. The number of anilines is 1. The number of hydrogen-bond acceptors (Lipinski definition) is 2. The van der Waals surface area contributed by atoms with Crippen LogP contribution >= 0.6 is 0 Å². The molecule has 1 saturated heterocycles. The topological polar surface area (TPSA) is 29.3 Å². The molecule has 1 atom stereocenters. The molecule has 1 aromatic rings. The molecule has 20 heavy (non-hydrogen) atoms. The first-order valence-electron chi connectivity index (χ1n) is 7.89. The van der Waals surface area contributed by atoms with E-state index in [1.807, 2.05) is 19.1 Å². The molecule has 2 nitrogen and oxygen atoms in total. The minimum Gasteiger partial charge on any atom is -0.369 e. The number of rotatable bonds is 5. The largest absolute Gasteiger partial charge is 0.369 e. The summed E-state index contributed by atoms with van der Waals surface area (Å²) in [5, 5.41) is 0. The lowest BCUT2D eigenvalue weighted by molar-refractivity contribution is 0.376. The molecule has 1 aromatic carbocycles. The van der Waals surface area contributed by atoms with E-state index in [1.54, 1.807) is 6.07 Å². The van der Waals surface area contributed by atoms with E-state index in [-0.39, 0.29) is 11.9 Å². The van der Waals surface area contributed by atoms with Gasteiger partial charge in [-0.3, -0.25) is 0 Å². The molecule has 0 spiro atoms. The molecule has 0 aliphatic carbocycles. The first-order chi connectivity index (χ1) is 9.60. The molecular formula is C17H27FN2. The molecular weight excluding hydrogens is 251 g/mol. The van der Waals surface area contributed by atoms with Crippen molar-refractivity contribution in [1.29, 1.82) is 0 Å². The van der Waals surface area contributed by atoms with Gasteiger partial charge in [-0.05, 0) is 49.8 Å². The molecule has 1 fully saturated rings. The molecule has 1 unspecified atom stereocenters. The number of nitrogens with two attached hydrogens (primary N) is 1. The smallest absolute Gasteiger partial charge is 0.146 e. The van der Waals surface area contributed by atoms with Crippen molar-refractivity contribution in [3.8, 4) is 0 Å². The average Bonchev–Trinajstić information content (AvgIpc) is 2.40. The van der Waals surface area contributed by atoms with Gasteiger partial charge < -0.3 is 10.6 Å². The van der Waals surface area contributed by atoms with Gasteiger partial charge in [0.05, 0.1) is 5.69 Å². The Kier molecular flexibility index (Phi) is 5.41. The Morgan fingerprint density at radius 2 is 2.05 bits per heavy atom. The Balaban J connectivity index is 1.99. The maximum absolute atomic E-state index is 14.2. The van der Waals surface area contributed by atoms with E-state index >= 15 is 0 Å². The summed E-state index contributed by atoms with van der Waals surface area (Å²) in [6.45, 7) is 6.15. The molecule has 2 rings (SSSR count). The zero-order valence-electron chi connectivity index (χ0n) is 12.7. The van der Waals surface area contributed by atoms with Crippen LogP contribution in [0.5, 0.6) is 0 Å². The highest BCUT2D eigenvalue weighted by atomic mass is 19.1. The minimum atomic E-state index is -0.0999. The summed E-state index contributed by atoms with van der Waals surface area (Å²) in [7, 11) is 0. The Hall–Kier alpha value is -1.09. The van der Waals surface area contributed by atoms with E-state index in [0.717, 1.165) is 36.7 Å². The monoisotopic (exact) mass is 278 g/mol. The fourth-order valence-corrected chi connectivity index (χ4v) is 3.18. The second-order valence-corrected chi connectivity index (χ2v) is 6.19. The number of benzene rings is 1. The summed E-state index contributed by atoms with van der Waals surface area (Å²) >= 11 is 0. The van der Waals surface area contributed by atoms with Crippen LogP contribution in [-0.2, 0) is 6.42 Å². The van der Waals surface area contributed by atoms with Crippen LogP contribution in [0.15, 0.2) is 18.2 Å². The average molecular weight is 278 g/mol. The van der Waals surface area contributed by atoms with Crippen LogP contribution in [0.4, 0.5) is 10.1 Å². The van der Waals surface area contributed by atoms with Crippen molar-refractivity contribution in [2.45, 2.75) is 52.0 Å². The van der Waals surface area contributed by atoms with Gasteiger partial charge in [0.2, 0.25) is 0 Å². The molecule has 0 radical (unpaired) electrons. The fraction of sp³-hybridized carbons (Fsp3) is 0.647. The van der Waals surface area contributed by atoms with Crippen molar-refractivity contribution in [3.05, 3.63) is 29.6 Å². The van der Waals surface area contributed by atoms with E-state index in [2.05, 4.69) is 11.8 Å². The molecule has 112 valence electrons. The summed E-state index contributed by atoms with van der Waals surface area (Å²) in [6.07, 6.45) is 5.67. The predicted octanol–water partition coefficient (Wildman–Crippen LogP) is 3.73. The first kappa shape index (κ1) is 15.3. The maximum atomic E-state index is 14.2. The molecule has 1 heterocycles. The number of piperidine rings is 1. The van der Waals surface area contributed by atoms with Gasteiger partial charge in [0.15, 0.2) is 0 Å². The van der Waals surface area contributed by atoms with E-state index in [1.165, 1.54) is 25.7 Å². The highest BCUT2D eigenvalue weighted by molar-refractivity contribution is 5.49. The van der Waals surface area contributed by atoms with E-state index in [4.69, 9.17) is 5.73 Å². The third-order valence-corrected chi connectivity index (χ3v) is 4.22. The summed E-state index contributed by atoms with van der Waals surface area (Å²) in [4.78, 5) is 2.19. The molecule has 1 aliphatic heterocycles. The van der Waals surface area contributed by atoms with E-state index in [9.17, 15) is 4.39 Å². The van der Waals surface area contributed by atoms with Gasteiger partial charge in [-0.25, -0.2) is 4.39 Å². The van der Waals surface area contributed by atoms with Crippen LogP contribution < -0.4 is 10.6 Å². The summed E-state index contributed by atoms with van der Waals surface area (Å²) in [5.41, 5.74) is 7.51. The second-order valence-electron chi connectivity index (χ2n) is 6.19. The zero-order chi connectivity index (χ0) is 14.5. The molecule has 0 aromatic heterocycles. The third-order valence-electron chi connectivity index (χ3n) is 4.22. The van der Waals surface area contributed by atoms with E-state index in [0.29, 0.717) is 0 Å². The second kappa shape index (κ2) is 7.07. The van der Waals surface area contributed by atoms with Crippen molar-refractivity contribution >= 4 is 5.69 Å². The van der Waals surface area contributed by atoms with Gasteiger partial charge in [0.1, 0.15) is 5.82 Å². The Labute approximate surface area is 122 Å². The molecule has 1 aliphatic rings. The Morgan fingerprint density at radius 3 is 2.60 bits per heavy atom. The quantitative estimate of drug-likeness (QED) is 0.889. The van der Waals surface area contributed by atoms with Gasteiger partial charge >= 0.3 is 0 Å². The van der Waals surface area contributed by atoms with Crippen LogP contribution in [0.2, 0.25) is 0 Å². The third kappa shape index (κ3) is 3.95. The Bertz CT molecular complexity index is 423. The number of nitrogens with zero attached hydrogens (tertiary/aromatic N) is 1. The van der Waals surface area contributed by atoms with Crippen LogP contribution in [-0.4, -0.2) is 19.1 Å². The fourth-order valence-electron chi connectivity index (χ4n) is 3.18. The first-order valence-corrected chi connectivity index (χ1v) is 7.89. The summed E-state index contributed by atoms with van der Waals surface area (Å²) < 4.78 is 14.2. The standard InChI is InChI=1S/C17H27FN2/c1-3-4-14-7-9-20(10-8-14)17-6-5-15(11-13(2)19)12-16(17)18/h5-6,12-14H,3-4,7-11,19H2,1-2H3. The highest BCUT2D eigenvalue weighted by Gasteiger charge is 2.20. The van der Waals surface area contributed by atoms with Gasteiger partial charge in [-0.15, -0.1) is 0 Å². The summed E-state index contributed by atoms with van der Waals surface area (Å²) in [6, 6.07) is 5.66. The van der Waals surface area contributed by atoms with Crippen molar-refractivity contribution in [1.82, 2.24) is 0 Å². The van der Waals surface area contributed by atoms with Crippen molar-refractivity contribution in [3.63, 3.8) is 0 Å². The van der Waals surface area contributed by atoms with E-state index < -0.39 is 0 Å². The van der Waals surface area contributed by atoms with Gasteiger partial charge in [0, 0.05) is 19.1 Å². The van der Waals surface area contributed by atoms with Crippen LogP contribution in [0.1, 0.15) is 45.1 Å². The molecule has 0 amide bonds. The molecule has 3 heteroatoms. The highest BCUT2D eigenvalue weighted by Crippen LogP contribution is 2.28. The lowest BCUT2D eigenvalue weighted by Crippen LogP contribution is -2.34. The van der Waals surface area contributed by atoms with Gasteiger partial charge in [0.25, 0.3) is 0 Å². The van der Waals surface area contributed by atoms with Gasteiger partial charge in [-0.2, -0.15) is 0 Å². The number of halogens is 1. The van der Waals surface area contributed by atoms with Crippen molar-refractivity contribution in [2.24, 2.45) is 11.7 Å². The zero-order valence-corrected chi connectivity index (χ0v) is 12.7. The van der Waals surface area contributed by atoms with Crippen LogP contribution in [0.25, 0.3) is 0 Å². The van der Waals surface area contributed by atoms with Crippen molar-refractivity contribution < 1.29 is 4.39 Å². The molecule has 0 bridgehead atoms. The lowest BCUT2D eigenvalue weighted by Gasteiger charge is -2.33. The summed E-state index contributed by atoms with van der Waals surface area (Å²) in [5.74, 6) is 0.730. The van der Waals surface area contributed by atoms with Crippen molar-refractivity contribution in [2.75, 3.05) is 18.0 Å². The van der Waals surface area contributed by atoms with Gasteiger partial charge in [-0.1, -0.05) is 25.8 Å². The van der Waals surface area contributed by atoms with Crippen LogP contribution in [0.3, 0.4) is 0 Å². The maximum Gasteiger partial charge on any atom is 0.146 e.